The van der Waals surface area contributed by atoms with Crippen LogP contribution in [0.1, 0.15) is 86.8 Å². The van der Waals surface area contributed by atoms with Gasteiger partial charge in [-0.25, -0.2) is 9.97 Å². The van der Waals surface area contributed by atoms with Crippen molar-refractivity contribution in [1.82, 2.24) is 34.6 Å². The molecular weight excluding hydrogens is 633 g/mol. The lowest BCUT2D eigenvalue weighted by atomic mass is 9.93. The van der Waals surface area contributed by atoms with E-state index in [1.54, 1.807) is 17.6 Å². The second-order valence-electron chi connectivity index (χ2n) is 16.8. The summed E-state index contributed by atoms with van der Waals surface area (Å²) in [4.78, 5) is 31.2. The molecule has 0 atom stereocenters. The van der Waals surface area contributed by atoms with Gasteiger partial charge in [-0.2, -0.15) is 4.98 Å². The van der Waals surface area contributed by atoms with Crippen molar-refractivity contribution >= 4 is 28.4 Å². The van der Waals surface area contributed by atoms with Crippen LogP contribution in [-0.4, -0.2) is 134 Å². The Labute approximate surface area is 302 Å². The number of piperazine rings is 3. The van der Waals surface area contributed by atoms with Gasteiger partial charge in [-0.15, -0.1) is 11.3 Å². The molecule has 0 aromatic carbocycles. The summed E-state index contributed by atoms with van der Waals surface area (Å²) >= 11 is 1.78. The van der Waals surface area contributed by atoms with Gasteiger partial charge in [-0.1, -0.05) is 69.7 Å². The normalized spacial score (nSPS) is 18.7. The average Bonchev–Trinajstić information content (AvgIpc) is 3.80. The quantitative estimate of drug-likeness (QED) is 0.351. The number of nitrogens with one attached hydrogen (secondary N) is 1. The van der Waals surface area contributed by atoms with Crippen molar-refractivity contribution in [2.45, 2.75) is 86.0 Å². The van der Waals surface area contributed by atoms with E-state index in [0.717, 1.165) is 96.2 Å². The minimum Gasteiger partial charge on any atom is -0.432 e. The van der Waals surface area contributed by atoms with E-state index in [1.807, 2.05) is 6.20 Å². The summed E-state index contributed by atoms with van der Waals surface area (Å²) in [6, 6.07) is 0.776. The Morgan fingerprint density at radius 2 is 1.08 bits per heavy atom. The van der Waals surface area contributed by atoms with Crippen molar-refractivity contribution in [3.63, 3.8) is 0 Å². The van der Waals surface area contributed by atoms with Crippen molar-refractivity contribution in [1.29, 1.82) is 0 Å². The zero-order valence-electron chi connectivity index (χ0n) is 32.1. The Hall–Kier alpha value is -2.67. The van der Waals surface area contributed by atoms with E-state index in [1.165, 1.54) is 16.5 Å². The van der Waals surface area contributed by atoms with Crippen LogP contribution < -0.4 is 14.7 Å². The first-order valence-corrected chi connectivity index (χ1v) is 18.6. The second-order valence-corrected chi connectivity index (χ2v) is 17.6. The van der Waals surface area contributed by atoms with Crippen molar-refractivity contribution in [2.75, 3.05) is 114 Å². The standard InChI is InChI=1S/C12H22N4.C12H21N3O.C12H21N3S.CH4/c1-12(2,3)10-9-13-11(14-10)16-7-5-15(4)6-8-16;2*1-12(2,3)10-9-16-11(13-10)15-7-5-14(4)6-8-15;/h9H,5-8H2,1-4H3,(H,13,14);2*9H,5-8H2,1-4H3;1H4. The number of hydrogen-bond acceptors (Lipinski definition) is 11. The van der Waals surface area contributed by atoms with Gasteiger partial charge in [0.15, 0.2) is 5.13 Å². The summed E-state index contributed by atoms with van der Waals surface area (Å²) in [7, 11) is 6.49. The Morgan fingerprint density at radius 1 is 0.612 bits per heavy atom. The molecule has 0 spiro atoms. The van der Waals surface area contributed by atoms with E-state index in [0.29, 0.717) is 0 Å². The van der Waals surface area contributed by atoms with Crippen LogP contribution in [0.5, 0.6) is 0 Å². The highest BCUT2D eigenvalue weighted by molar-refractivity contribution is 7.13. The van der Waals surface area contributed by atoms with Crippen molar-refractivity contribution < 1.29 is 4.42 Å². The van der Waals surface area contributed by atoms with Crippen LogP contribution in [0.2, 0.25) is 0 Å². The molecule has 0 aliphatic carbocycles. The Balaban J connectivity index is 0.000000197. The lowest BCUT2D eigenvalue weighted by Gasteiger charge is -2.32. The highest BCUT2D eigenvalue weighted by Gasteiger charge is 2.24. The zero-order valence-corrected chi connectivity index (χ0v) is 32.9. The molecule has 1 N–H and O–H groups in total. The predicted octanol–water partition coefficient (Wildman–Crippen LogP) is 6.01. The molecule has 0 bridgehead atoms. The maximum Gasteiger partial charge on any atom is 0.297 e. The molecule has 6 rings (SSSR count). The molecule has 0 unspecified atom stereocenters. The molecular formula is C37H68N10OS. The maximum atomic E-state index is 5.56. The van der Waals surface area contributed by atoms with Gasteiger partial charge in [0.05, 0.1) is 17.6 Å². The largest absolute Gasteiger partial charge is 0.432 e. The van der Waals surface area contributed by atoms with Gasteiger partial charge in [0, 0.05) is 106 Å². The monoisotopic (exact) mass is 701 g/mol. The number of aromatic nitrogens is 4. The Kier molecular flexibility index (Phi) is 14.2. The zero-order chi connectivity index (χ0) is 35.3. The topological polar surface area (TPSA) is 87.0 Å². The first kappa shape index (κ1) is 40.8. The number of anilines is 3. The summed E-state index contributed by atoms with van der Waals surface area (Å²) in [5, 5.41) is 3.39. The van der Waals surface area contributed by atoms with Gasteiger partial charge < -0.3 is 38.8 Å². The molecule has 0 radical (unpaired) electrons. The lowest BCUT2D eigenvalue weighted by molar-refractivity contribution is 0.305. The first-order chi connectivity index (χ1) is 22.4. The van der Waals surface area contributed by atoms with Crippen LogP contribution in [0.25, 0.3) is 0 Å². The number of rotatable bonds is 3. The molecule has 3 aromatic rings. The third-order valence-corrected chi connectivity index (χ3v) is 10.1. The smallest absolute Gasteiger partial charge is 0.297 e. The molecule has 3 aromatic heterocycles. The van der Waals surface area contributed by atoms with Crippen LogP contribution in [0.15, 0.2) is 22.3 Å². The number of aromatic amines is 1. The van der Waals surface area contributed by atoms with E-state index in [2.05, 4.69) is 133 Å². The molecule has 3 fully saturated rings. The molecule has 0 saturated carbocycles. The highest BCUT2D eigenvalue weighted by atomic mass is 32.1. The predicted molar refractivity (Wildman–Crippen MR) is 209 cm³/mol. The summed E-state index contributed by atoms with van der Waals surface area (Å²) in [6.07, 6.45) is 3.75. The first-order valence-electron chi connectivity index (χ1n) is 17.7. The number of H-pyrrole nitrogens is 1. The minimum absolute atomic E-state index is 0. The number of nitrogens with zero attached hydrogens (tertiary/aromatic N) is 9. The molecule has 3 aliphatic heterocycles. The Bertz CT molecular complexity index is 1200. The summed E-state index contributed by atoms with van der Waals surface area (Å²) in [5.74, 6) is 1.03. The highest BCUT2D eigenvalue weighted by Crippen LogP contribution is 2.29. The van der Waals surface area contributed by atoms with E-state index in [-0.39, 0.29) is 23.7 Å². The molecule has 278 valence electrons. The molecule has 0 amide bonds. The molecule has 3 saturated heterocycles. The van der Waals surface area contributed by atoms with Crippen molar-refractivity contribution in [3.05, 3.63) is 34.9 Å². The van der Waals surface area contributed by atoms with Gasteiger partial charge >= 0.3 is 0 Å². The average molecular weight is 701 g/mol. The fourth-order valence-corrected chi connectivity index (χ4v) is 6.48. The molecule has 12 heteroatoms. The van der Waals surface area contributed by atoms with Gasteiger partial charge in [0.25, 0.3) is 6.01 Å². The fourth-order valence-electron chi connectivity index (χ4n) is 5.37. The molecule has 6 heterocycles. The lowest BCUT2D eigenvalue weighted by Crippen LogP contribution is -2.45. The van der Waals surface area contributed by atoms with Crippen LogP contribution >= 0.6 is 11.3 Å². The van der Waals surface area contributed by atoms with Gasteiger partial charge in [-0.3, -0.25) is 0 Å². The summed E-state index contributed by atoms with van der Waals surface area (Å²) in [6.45, 7) is 32.7. The molecule has 11 nitrogen and oxygen atoms in total. The summed E-state index contributed by atoms with van der Waals surface area (Å²) in [5.41, 5.74) is 3.84. The number of oxazole rings is 1. The Morgan fingerprint density at radius 3 is 1.49 bits per heavy atom. The van der Waals surface area contributed by atoms with Crippen LogP contribution in [0, 0.1) is 0 Å². The number of hydrogen-bond donors (Lipinski definition) is 1. The van der Waals surface area contributed by atoms with Crippen molar-refractivity contribution in [2.24, 2.45) is 0 Å². The van der Waals surface area contributed by atoms with Crippen LogP contribution in [0.3, 0.4) is 0 Å². The van der Waals surface area contributed by atoms with E-state index in [4.69, 9.17) is 9.40 Å². The second kappa shape index (κ2) is 17.0. The summed E-state index contributed by atoms with van der Waals surface area (Å²) < 4.78 is 5.56. The van der Waals surface area contributed by atoms with Crippen LogP contribution in [0.4, 0.5) is 17.1 Å². The molecule has 3 aliphatic rings. The molecule has 49 heavy (non-hydrogen) atoms. The third kappa shape index (κ3) is 12.0. The number of imidazole rings is 1. The van der Waals surface area contributed by atoms with Crippen LogP contribution in [-0.2, 0) is 16.2 Å². The van der Waals surface area contributed by atoms with Gasteiger partial charge in [0.1, 0.15) is 6.26 Å². The number of thiazole rings is 1. The minimum atomic E-state index is 0. The number of likely N-dealkylation sites (N-methyl/N-ethyl adjacent to an activating group) is 3. The van der Waals surface area contributed by atoms with E-state index < -0.39 is 0 Å². The van der Waals surface area contributed by atoms with E-state index in [9.17, 15) is 0 Å². The maximum absolute atomic E-state index is 5.56. The SMILES string of the molecule is C.CN1CCN(c2nc(C(C)(C)C)co2)CC1.CN1CCN(c2nc(C(C)(C)C)cs2)CC1.CN1CCN(c2ncc(C(C)(C)C)[nH]2)CC1. The fraction of sp³-hybridized carbons (Fsp3) is 0.757. The van der Waals surface area contributed by atoms with Crippen molar-refractivity contribution in [3.8, 4) is 0 Å². The van der Waals surface area contributed by atoms with Gasteiger partial charge in [0.2, 0.25) is 5.95 Å². The van der Waals surface area contributed by atoms with E-state index >= 15 is 0 Å². The third-order valence-electron chi connectivity index (χ3n) is 9.24. The van der Waals surface area contributed by atoms with Gasteiger partial charge in [-0.05, 0) is 21.1 Å².